The van der Waals surface area contributed by atoms with Crippen LogP contribution in [-0.4, -0.2) is 49.6 Å². The second kappa shape index (κ2) is 10.6. The third kappa shape index (κ3) is 5.47. The molecule has 1 saturated heterocycles. The van der Waals surface area contributed by atoms with Gasteiger partial charge >= 0.3 is 6.09 Å². The molecule has 8 nitrogen and oxygen atoms in total. The quantitative estimate of drug-likeness (QED) is 0.253. The Balaban J connectivity index is 1.31. The van der Waals surface area contributed by atoms with Crippen LogP contribution in [0, 0.1) is 5.92 Å². The van der Waals surface area contributed by atoms with E-state index >= 15 is 0 Å². The molecule has 1 amide bonds. The van der Waals surface area contributed by atoms with Gasteiger partial charge in [-0.25, -0.2) is 4.79 Å². The number of carbonyl (C=O) groups excluding carboxylic acids is 1. The number of amides is 1. The van der Waals surface area contributed by atoms with E-state index in [9.17, 15) is 4.79 Å². The van der Waals surface area contributed by atoms with Crippen molar-refractivity contribution < 1.29 is 9.53 Å². The molecule has 204 valence electrons. The van der Waals surface area contributed by atoms with E-state index in [0.717, 1.165) is 46.2 Å². The van der Waals surface area contributed by atoms with E-state index in [1.165, 1.54) is 10.9 Å². The lowest BCUT2D eigenvalue weighted by Crippen LogP contribution is -2.43. The number of likely N-dealkylation sites (tertiary alicyclic amines) is 1. The largest absolute Gasteiger partial charge is 0.444 e. The van der Waals surface area contributed by atoms with Crippen LogP contribution in [0.1, 0.15) is 45.2 Å². The lowest BCUT2D eigenvalue weighted by molar-refractivity contribution is 0.0177. The molecule has 3 aromatic heterocycles. The number of carbonyl (C=O) groups is 1. The van der Waals surface area contributed by atoms with Crippen LogP contribution >= 0.6 is 0 Å². The predicted octanol–water partition coefficient (Wildman–Crippen LogP) is 6.97. The number of nitrogens with zero attached hydrogens (tertiary/aromatic N) is 4. The SMILES string of the molecule is CC(C)(C)OC(=O)N1CCC(C(Nc2cc(-c3ccc4cc[nH]c4c3)c3nccnc3c2)c2ccncc2)CC1. The fourth-order valence-electron chi connectivity index (χ4n) is 5.56. The average Bonchev–Trinajstić information content (AvgIpc) is 3.43. The summed E-state index contributed by atoms with van der Waals surface area (Å²) in [6.45, 7) is 7.03. The molecule has 0 aliphatic carbocycles. The van der Waals surface area contributed by atoms with Crippen molar-refractivity contribution in [2.45, 2.75) is 45.3 Å². The Morgan fingerprint density at radius 3 is 2.55 bits per heavy atom. The number of hydrogen-bond donors (Lipinski definition) is 2. The third-order valence-corrected chi connectivity index (χ3v) is 7.49. The van der Waals surface area contributed by atoms with Crippen molar-refractivity contribution >= 4 is 33.7 Å². The maximum absolute atomic E-state index is 12.7. The summed E-state index contributed by atoms with van der Waals surface area (Å²) in [7, 11) is 0. The maximum atomic E-state index is 12.7. The molecule has 40 heavy (non-hydrogen) atoms. The van der Waals surface area contributed by atoms with Crippen molar-refractivity contribution in [2.75, 3.05) is 18.4 Å². The highest BCUT2D eigenvalue weighted by Gasteiger charge is 2.31. The minimum Gasteiger partial charge on any atom is -0.444 e. The van der Waals surface area contributed by atoms with Gasteiger partial charge in [0.2, 0.25) is 0 Å². The molecule has 0 bridgehead atoms. The van der Waals surface area contributed by atoms with Crippen LogP contribution in [0.3, 0.4) is 0 Å². The zero-order chi connectivity index (χ0) is 27.7. The minimum absolute atomic E-state index is 0.0386. The van der Waals surface area contributed by atoms with E-state index in [4.69, 9.17) is 4.74 Å². The van der Waals surface area contributed by atoms with Crippen molar-refractivity contribution in [2.24, 2.45) is 5.92 Å². The van der Waals surface area contributed by atoms with Crippen LogP contribution in [0.25, 0.3) is 33.1 Å². The average molecular weight is 535 g/mol. The van der Waals surface area contributed by atoms with E-state index in [2.05, 4.69) is 73.8 Å². The Bertz CT molecular complexity index is 1630. The van der Waals surface area contributed by atoms with Crippen LogP contribution < -0.4 is 5.32 Å². The molecule has 2 N–H and O–H groups in total. The molecule has 0 radical (unpaired) electrons. The summed E-state index contributed by atoms with van der Waals surface area (Å²) in [5, 5.41) is 5.01. The lowest BCUT2D eigenvalue weighted by Gasteiger charge is -2.37. The lowest BCUT2D eigenvalue weighted by atomic mass is 9.85. The summed E-state index contributed by atoms with van der Waals surface area (Å²) in [5.74, 6) is 0.317. The number of hydrogen-bond acceptors (Lipinski definition) is 6. The van der Waals surface area contributed by atoms with Crippen LogP contribution in [-0.2, 0) is 4.74 Å². The molecule has 1 aliphatic rings. The van der Waals surface area contributed by atoms with Gasteiger partial charge in [-0.05, 0) is 92.4 Å². The van der Waals surface area contributed by atoms with E-state index in [1.807, 2.05) is 44.3 Å². The molecule has 0 saturated carbocycles. The molecule has 6 rings (SSSR count). The summed E-state index contributed by atoms with van der Waals surface area (Å²) in [4.78, 5) is 31.4. The zero-order valence-electron chi connectivity index (χ0n) is 23.1. The second-order valence-electron chi connectivity index (χ2n) is 11.4. The fourth-order valence-corrected chi connectivity index (χ4v) is 5.56. The number of aromatic amines is 1. The number of anilines is 1. The highest BCUT2D eigenvalue weighted by atomic mass is 16.6. The molecule has 4 heterocycles. The number of piperidine rings is 1. The van der Waals surface area contributed by atoms with Crippen LogP contribution in [0.5, 0.6) is 0 Å². The standard InChI is InChI=1S/C32H34N6O2/c1-32(2,3)40-31(39)38-16-9-23(10-17-38)29(22-6-11-33-12-7-22)37-25-19-26(30-28(20-25)35-14-15-36-30)24-5-4-21-8-13-34-27(21)18-24/h4-8,11-15,18-20,23,29,34,37H,9-10,16-17H2,1-3H3. The van der Waals surface area contributed by atoms with Gasteiger partial charge in [-0.15, -0.1) is 0 Å². The zero-order valence-corrected chi connectivity index (χ0v) is 23.1. The third-order valence-electron chi connectivity index (χ3n) is 7.49. The van der Waals surface area contributed by atoms with Gasteiger partial charge in [0, 0.05) is 60.8 Å². The number of aromatic nitrogens is 4. The van der Waals surface area contributed by atoms with Crippen molar-refractivity contribution in [3.05, 3.63) is 85.1 Å². The Morgan fingerprint density at radius 2 is 1.77 bits per heavy atom. The molecule has 2 aromatic carbocycles. The Labute approximate surface area is 233 Å². The summed E-state index contributed by atoms with van der Waals surface area (Å²) >= 11 is 0. The van der Waals surface area contributed by atoms with Gasteiger partial charge in [0.05, 0.1) is 17.1 Å². The predicted molar refractivity (Wildman–Crippen MR) is 158 cm³/mol. The van der Waals surface area contributed by atoms with Crippen LogP contribution in [0.15, 0.2) is 79.5 Å². The van der Waals surface area contributed by atoms with Gasteiger partial charge in [0.25, 0.3) is 0 Å². The first-order valence-corrected chi connectivity index (χ1v) is 13.8. The first-order valence-electron chi connectivity index (χ1n) is 13.8. The summed E-state index contributed by atoms with van der Waals surface area (Å²) in [6.07, 6.45) is 10.6. The molecule has 5 aromatic rings. The number of fused-ring (bicyclic) bond motifs is 2. The number of nitrogens with one attached hydrogen (secondary N) is 2. The second-order valence-corrected chi connectivity index (χ2v) is 11.4. The fraction of sp³-hybridized carbons (Fsp3) is 0.312. The molecule has 0 spiro atoms. The number of H-pyrrole nitrogens is 1. The Hall–Kier alpha value is -4.46. The van der Waals surface area contributed by atoms with Crippen molar-refractivity contribution in [1.29, 1.82) is 0 Å². The molecular weight excluding hydrogens is 500 g/mol. The van der Waals surface area contributed by atoms with E-state index in [1.54, 1.807) is 12.4 Å². The van der Waals surface area contributed by atoms with Gasteiger partial charge in [0.1, 0.15) is 5.60 Å². The van der Waals surface area contributed by atoms with Crippen LogP contribution in [0.4, 0.5) is 10.5 Å². The Kier molecular flexibility index (Phi) is 6.84. The molecule has 1 unspecified atom stereocenters. The summed E-state index contributed by atoms with van der Waals surface area (Å²) < 4.78 is 5.62. The van der Waals surface area contributed by atoms with Crippen LogP contribution in [0.2, 0.25) is 0 Å². The highest BCUT2D eigenvalue weighted by molar-refractivity contribution is 5.97. The van der Waals surface area contributed by atoms with Gasteiger partial charge in [-0.3, -0.25) is 15.0 Å². The molecule has 1 atom stereocenters. The Morgan fingerprint density at radius 1 is 1.00 bits per heavy atom. The monoisotopic (exact) mass is 534 g/mol. The van der Waals surface area contributed by atoms with E-state index in [0.29, 0.717) is 19.0 Å². The number of rotatable bonds is 5. The molecule has 1 fully saturated rings. The number of benzene rings is 2. The van der Waals surface area contributed by atoms with Crippen molar-refractivity contribution in [3.63, 3.8) is 0 Å². The smallest absolute Gasteiger partial charge is 0.410 e. The number of pyridine rings is 1. The maximum Gasteiger partial charge on any atom is 0.410 e. The van der Waals surface area contributed by atoms with E-state index in [-0.39, 0.29) is 12.1 Å². The molecule has 1 aliphatic heterocycles. The van der Waals surface area contributed by atoms with Gasteiger partial charge in [-0.2, -0.15) is 0 Å². The van der Waals surface area contributed by atoms with Crippen molar-refractivity contribution in [3.8, 4) is 11.1 Å². The van der Waals surface area contributed by atoms with Gasteiger partial charge in [0.15, 0.2) is 0 Å². The van der Waals surface area contributed by atoms with E-state index < -0.39 is 5.60 Å². The first-order chi connectivity index (χ1) is 19.3. The summed E-state index contributed by atoms with van der Waals surface area (Å²) in [5.41, 5.74) is 6.53. The first kappa shape index (κ1) is 25.8. The topological polar surface area (TPSA) is 96.0 Å². The molecule has 8 heteroatoms. The highest BCUT2D eigenvalue weighted by Crippen LogP contribution is 2.37. The van der Waals surface area contributed by atoms with Gasteiger partial charge < -0.3 is 19.9 Å². The number of ether oxygens (including phenoxy) is 1. The molecular formula is C32H34N6O2. The minimum atomic E-state index is -0.503. The van der Waals surface area contributed by atoms with Crippen molar-refractivity contribution in [1.82, 2.24) is 24.8 Å². The normalized spacial score (nSPS) is 15.3. The summed E-state index contributed by atoms with van der Waals surface area (Å²) in [6, 6.07) is 16.9. The van der Waals surface area contributed by atoms with Gasteiger partial charge in [-0.1, -0.05) is 12.1 Å².